The molecule has 0 aliphatic carbocycles. The number of hydrogen-bond donors (Lipinski definition) is 0. The van der Waals surface area contributed by atoms with Crippen molar-refractivity contribution in [2.75, 3.05) is 13.2 Å². The maximum absolute atomic E-state index is 5.51. The van der Waals surface area contributed by atoms with E-state index in [1.54, 1.807) is 0 Å². The molecular formula is C23H47O. The zero-order valence-corrected chi connectivity index (χ0v) is 17.0. The van der Waals surface area contributed by atoms with E-state index < -0.39 is 0 Å². The molecule has 0 saturated carbocycles. The van der Waals surface area contributed by atoms with Crippen molar-refractivity contribution in [2.24, 2.45) is 0 Å². The van der Waals surface area contributed by atoms with Crippen LogP contribution in [0.4, 0.5) is 0 Å². The highest BCUT2D eigenvalue weighted by Crippen LogP contribution is 2.14. The summed E-state index contributed by atoms with van der Waals surface area (Å²) < 4.78 is 5.51. The molecule has 0 aromatic carbocycles. The summed E-state index contributed by atoms with van der Waals surface area (Å²) in [4.78, 5) is 0. The predicted molar refractivity (Wildman–Crippen MR) is 110 cm³/mol. The maximum Gasteiger partial charge on any atom is 0.0466 e. The van der Waals surface area contributed by atoms with Gasteiger partial charge in [0.1, 0.15) is 0 Å². The van der Waals surface area contributed by atoms with Crippen molar-refractivity contribution in [3.63, 3.8) is 0 Å². The van der Waals surface area contributed by atoms with E-state index in [1.807, 2.05) is 0 Å². The lowest BCUT2D eigenvalue weighted by atomic mass is 10.0. The van der Waals surface area contributed by atoms with Gasteiger partial charge in [0.05, 0.1) is 0 Å². The predicted octanol–water partition coefficient (Wildman–Crippen LogP) is 8.27. The summed E-state index contributed by atoms with van der Waals surface area (Å²) in [6.45, 7) is 7.99. The highest BCUT2D eigenvalue weighted by atomic mass is 16.5. The van der Waals surface area contributed by atoms with Crippen LogP contribution in [0.1, 0.15) is 129 Å². The van der Waals surface area contributed by atoms with Gasteiger partial charge in [-0.25, -0.2) is 0 Å². The van der Waals surface area contributed by atoms with Crippen molar-refractivity contribution in [1.29, 1.82) is 0 Å². The van der Waals surface area contributed by atoms with E-state index in [-0.39, 0.29) is 0 Å². The number of ether oxygens (including phenoxy) is 1. The smallest absolute Gasteiger partial charge is 0.0466 e. The Bertz CT molecular complexity index is 180. The van der Waals surface area contributed by atoms with Gasteiger partial charge in [-0.15, -0.1) is 0 Å². The van der Waals surface area contributed by atoms with Crippen molar-refractivity contribution in [2.45, 2.75) is 129 Å². The van der Waals surface area contributed by atoms with Crippen molar-refractivity contribution in [1.82, 2.24) is 0 Å². The summed E-state index contributed by atoms with van der Waals surface area (Å²) in [5.41, 5.74) is 0. The molecule has 0 rings (SSSR count). The number of unbranched alkanes of at least 4 members (excludes halogenated alkanes) is 17. The Morgan fingerprint density at radius 3 is 1.12 bits per heavy atom. The normalized spacial score (nSPS) is 11.2. The fourth-order valence-corrected chi connectivity index (χ4v) is 3.28. The Kier molecular flexibility index (Phi) is 22.9. The first-order valence-electron chi connectivity index (χ1n) is 11.3. The van der Waals surface area contributed by atoms with Crippen LogP contribution < -0.4 is 0 Å². The molecule has 0 aromatic heterocycles. The van der Waals surface area contributed by atoms with Crippen LogP contribution >= 0.6 is 0 Å². The minimum Gasteiger partial charge on any atom is -0.381 e. The Morgan fingerprint density at radius 1 is 0.458 bits per heavy atom. The Labute approximate surface area is 154 Å². The Balaban J connectivity index is 2.93. The maximum atomic E-state index is 5.51. The molecule has 0 heterocycles. The lowest BCUT2D eigenvalue weighted by Gasteiger charge is -2.04. The molecule has 0 atom stereocenters. The second-order valence-electron chi connectivity index (χ2n) is 7.48. The molecule has 145 valence electrons. The summed E-state index contributed by atoms with van der Waals surface area (Å²) in [6, 6.07) is 0. The topological polar surface area (TPSA) is 9.23 Å². The summed E-state index contributed by atoms with van der Waals surface area (Å²) >= 11 is 0. The highest BCUT2D eigenvalue weighted by Gasteiger charge is 1.95. The van der Waals surface area contributed by atoms with Gasteiger partial charge in [0, 0.05) is 13.2 Å². The van der Waals surface area contributed by atoms with Gasteiger partial charge in [-0.2, -0.15) is 0 Å². The quantitative estimate of drug-likeness (QED) is 0.191. The van der Waals surface area contributed by atoms with E-state index in [9.17, 15) is 0 Å². The summed E-state index contributed by atoms with van der Waals surface area (Å²) in [5, 5.41) is 0. The zero-order chi connectivity index (χ0) is 17.6. The molecule has 1 heteroatoms. The largest absolute Gasteiger partial charge is 0.381 e. The molecule has 0 unspecified atom stereocenters. The Hall–Kier alpha value is -0.0400. The van der Waals surface area contributed by atoms with E-state index in [2.05, 4.69) is 13.8 Å². The van der Waals surface area contributed by atoms with Crippen LogP contribution in [-0.4, -0.2) is 13.2 Å². The fourth-order valence-electron chi connectivity index (χ4n) is 3.28. The van der Waals surface area contributed by atoms with Crippen LogP contribution in [0.25, 0.3) is 0 Å². The first kappa shape index (κ1) is 24.0. The molecule has 1 radical (unpaired) electrons. The molecule has 0 spiro atoms. The molecular weight excluding hydrogens is 292 g/mol. The molecule has 0 bridgehead atoms. The van der Waals surface area contributed by atoms with Gasteiger partial charge in [0.15, 0.2) is 0 Å². The summed E-state index contributed by atoms with van der Waals surface area (Å²) in [7, 11) is 0. The summed E-state index contributed by atoms with van der Waals surface area (Å²) in [5.74, 6) is 0. The van der Waals surface area contributed by atoms with E-state index in [0.29, 0.717) is 0 Å². The molecule has 1 nitrogen and oxygen atoms in total. The van der Waals surface area contributed by atoms with E-state index in [4.69, 9.17) is 4.74 Å². The van der Waals surface area contributed by atoms with E-state index in [1.165, 1.54) is 109 Å². The van der Waals surface area contributed by atoms with Crippen molar-refractivity contribution < 1.29 is 4.74 Å². The van der Waals surface area contributed by atoms with Gasteiger partial charge in [-0.3, -0.25) is 0 Å². The standard InChI is InChI=1S/C23H47O/c1-3-5-6-7-8-9-10-11-12-13-14-15-16-17-18-19-20-21-23-24-22-4-2/h1,3-23H2,2H3. The van der Waals surface area contributed by atoms with Crippen molar-refractivity contribution in [3.8, 4) is 0 Å². The second-order valence-corrected chi connectivity index (χ2v) is 7.48. The van der Waals surface area contributed by atoms with E-state index in [0.717, 1.165) is 26.1 Å². The van der Waals surface area contributed by atoms with Gasteiger partial charge >= 0.3 is 0 Å². The lowest BCUT2D eigenvalue weighted by Crippen LogP contribution is -1.95. The third-order valence-corrected chi connectivity index (χ3v) is 4.89. The molecule has 0 aromatic rings. The second kappa shape index (κ2) is 23.0. The molecule has 0 amide bonds. The minimum absolute atomic E-state index is 0.941. The van der Waals surface area contributed by atoms with Crippen LogP contribution in [-0.2, 0) is 4.74 Å². The van der Waals surface area contributed by atoms with Crippen LogP contribution in [0.3, 0.4) is 0 Å². The molecule has 0 aliphatic heterocycles. The third kappa shape index (κ3) is 22.0. The van der Waals surface area contributed by atoms with Gasteiger partial charge in [0.2, 0.25) is 0 Å². The average molecular weight is 340 g/mol. The zero-order valence-electron chi connectivity index (χ0n) is 17.0. The SMILES string of the molecule is [CH2]CCCCCCCCCCCCCCCCCCCOCCC. The number of rotatable bonds is 21. The van der Waals surface area contributed by atoms with E-state index >= 15 is 0 Å². The fraction of sp³-hybridized carbons (Fsp3) is 0.957. The lowest BCUT2D eigenvalue weighted by molar-refractivity contribution is 0.130. The monoisotopic (exact) mass is 339 g/mol. The third-order valence-electron chi connectivity index (χ3n) is 4.89. The summed E-state index contributed by atoms with van der Waals surface area (Å²) in [6.07, 6.45) is 26.5. The van der Waals surface area contributed by atoms with Crippen molar-refractivity contribution in [3.05, 3.63) is 6.92 Å². The molecule has 24 heavy (non-hydrogen) atoms. The van der Waals surface area contributed by atoms with Gasteiger partial charge in [-0.1, -0.05) is 123 Å². The first-order valence-corrected chi connectivity index (χ1v) is 11.3. The van der Waals surface area contributed by atoms with Crippen LogP contribution in [0, 0.1) is 6.92 Å². The van der Waals surface area contributed by atoms with Gasteiger partial charge < -0.3 is 4.74 Å². The Morgan fingerprint density at radius 2 is 0.792 bits per heavy atom. The van der Waals surface area contributed by atoms with Crippen LogP contribution in [0.5, 0.6) is 0 Å². The van der Waals surface area contributed by atoms with Crippen molar-refractivity contribution >= 4 is 0 Å². The molecule has 0 aliphatic rings. The van der Waals surface area contributed by atoms with Gasteiger partial charge in [-0.05, 0) is 12.8 Å². The molecule has 0 fully saturated rings. The van der Waals surface area contributed by atoms with Gasteiger partial charge in [0.25, 0.3) is 0 Å². The molecule has 0 saturated heterocycles. The van der Waals surface area contributed by atoms with Crippen LogP contribution in [0.15, 0.2) is 0 Å². The van der Waals surface area contributed by atoms with Crippen LogP contribution in [0.2, 0.25) is 0 Å². The first-order chi connectivity index (χ1) is 11.9. The average Bonchev–Trinajstić information content (AvgIpc) is 2.60. The number of hydrogen-bond acceptors (Lipinski definition) is 1. The highest BCUT2D eigenvalue weighted by molar-refractivity contribution is 4.50. The molecule has 0 N–H and O–H groups in total. The minimum atomic E-state index is 0.941.